The summed E-state index contributed by atoms with van der Waals surface area (Å²) in [5, 5.41) is 8.61. The van der Waals surface area contributed by atoms with E-state index >= 15 is 0 Å². The van der Waals surface area contributed by atoms with Crippen LogP contribution in [0.4, 0.5) is 13.2 Å². The predicted octanol–water partition coefficient (Wildman–Crippen LogP) is 3.23. The molecule has 0 aliphatic rings. The molecule has 1 atom stereocenters. The Kier molecular flexibility index (Phi) is 3.38. The standard InChI is InChI=1S/C9H6BrF3O2/c10-7(8(14)15)5-3-1-2-4-6(5)9(11,12)13/h1-4,7H,(H,14,15)/t7-/m0/s1. The fourth-order valence-corrected chi connectivity index (χ4v) is 1.51. The molecule has 0 radical (unpaired) electrons. The van der Waals surface area contributed by atoms with Crippen LogP contribution in [0.15, 0.2) is 24.3 Å². The van der Waals surface area contributed by atoms with E-state index in [0.29, 0.717) is 0 Å². The number of carbonyl (C=O) groups is 1. The average Bonchev–Trinajstić information content (AvgIpc) is 2.15. The Labute approximate surface area is 91.8 Å². The molecule has 0 saturated heterocycles. The first-order valence-corrected chi connectivity index (χ1v) is 4.78. The van der Waals surface area contributed by atoms with Gasteiger partial charge in [0.05, 0.1) is 5.56 Å². The van der Waals surface area contributed by atoms with Crippen molar-refractivity contribution in [3.63, 3.8) is 0 Å². The molecule has 1 aromatic carbocycles. The van der Waals surface area contributed by atoms with Crippen molar-refractivity contribution in [2.45, 2.75) is 11.0 Å². The Hall–Kier alpha value is -1.04. The van der Waals surface area contributed by atoms with Gasteiger partial charge in [-0.25, -0.2) is 0 Å². The van der Waals surface area contributed by atoms with Crippen LogP contribution >= 0.6 is 15.9 Å². The molecule has 0 saturated carbocycles. The van der Waals surface area contributed by atoms with Gasteiger partial charge in [0.25, 0.3) is 0 Å². The van der Waals surface area contributed by atoms with E-state index in [-0.39, 0.29) is 5.56 Å². The first kappa shape index (κ1) is 12.0. The van der Waals surface area contributed by atoms with Crippen molar-refractivity contribution in [3.8, 4) is 0 Å². The predicted molar refractivity (Wildman–Crippen MR) is 50.7 cm³/mol. The minimum absolute atomic E-state index is 0.294. The Morgan fingerprint density at radius 1 is 1.33 bits per heavy atom. The molecule has 0 fully saturated rings. The van der Waals surface area contributed by atoms with Crippen molar-refractivity contribution >= 4 is 21.9 Å². The summed E-state index contributed by atoms with van der Waals surface area (Å²) in [6.07, 6.45) is -4.54. The lowest BCUT2D eigenvalue weighted by Crippen LogP contribution is -2.13. The molecule has 0 aliphatic heterocycles. The number of rotatable bonds is 2. The third-order valence-electron chi connectivity index (χ3n) is 1.76. The maximum Gasteiger partial charge on any atom is 0.416 e. The minimum Gasteiger partial charge on any atom is -0.480 e. The molecule has 1 rings (SSSR count). The van der Waals surface area contributed by atoms with E-state index in [1.165, 1.54) is 12.1 Å². The molecule has 15 heavy (non-hydrogen) atoms. The maximum absolute atomic E-state index is 12.5. The lowest BCUT2D eigenvalue weighted by molar-refractivity contribution is -0.139. The lowest BCUT2D eigenvalue weighted by atomic mass is 10.0. The van der Waals surface area contributed by atoms with Crippen LogP contribution in [-0.2, 0) is 11.0 Å². The van der Waals surface area contributed by atoms with Crippen molar-refractivity contribution in [3.05, 3.63) is 35.4 Å². The van der Waals surface area contributed by atoms with Crippen LogP contribution in [0.25, 0.3) is 0 Å². The second-order valence-corrected chi connectivity index (χ2v) is 3.70. The number of benzene rings is 1. The Morgan fingerprint density at radius 3 is 2.33 bits per heavy atom. The van der Waals surface area contributed by atoms with E-state index < -0.39 is 22.5 Å². The topological polar surface area (TPSA) is 37.3 Å². The zero-order chi connectivity index (χ0) is 11.6. The fourth-order valence-electron chi connectivity index (χ4n) is 1.11. The van der Waals surface area contributed by atoms with E-state index in [2.05, 4.69) is 15.9 Å². The molecular weight excluding hydrogens is 277 g/mol. The molecule has 82 valence electrons. The number of hydrogen-bond donors (Lipinski definition) is 1. The van der Waals surface area contributed by atoms with Crippen LogP contribution in [0.3, 0.4) is 0 Å². The number of aliphatic carboxylic acids is 1. The van der Waals surface area contributed by atoms with E-state index in [0.717, 1.165) is 12.1 Å². The zero-order valence-corrected chi connectivity index (χ0v) is 8.84. The summed E-state index contributed by atoms with van der Waals surface area (Å²) in [7, 11) is 0. The summed E-state index contributed by atoms with van der Waals surface area (Å²) >= 11 is 2.69. The lowest BCUT2D eigenvalue weighted by Gasteiger charge is -2.14. The van der Waals surface area contributed by atoms with Gasteiger partial charge in [0.2, 0.25) is 0 Å². The van der Waals surface area contributed by atoms with Crippen LogP contribution in [0.2, 0.25) is 0 Å². The number of carboxylic acids is 1. The maximum atomic E-state index is 12.5. The van der Waals surface area contributed by atoms with Gasteiger partial charge in [0, 0.05) is 0 Å². The fraction of sp³-hybridized carbons (Fsp3) is 0.222. The van der Waals surface area contributed by atoms with Gasteiger partial charge in [-0.15, -0.1) is 0 Å². The monoisotopic (exact) mass is 282 g/mol. The van der Waals surface area contributed by atoms with Crippen LogP contribution in [0.5, 0.6) is 0 Å². The molecule has 0 spiro atoms. The number of hydrogen-bond acceptors (Lipinski definition) is 1. The van der Waals surface area contributed by atoms with E-state index in [4.69, 9.17) is 5.11 Å². The quantitative estimate of drug-likeness (QED) is 0.846. The van der Waals surface area contributed by atoms with Crippen LogP contribution in [-0.4, -0.2) is 11.1 Å². The second kappa shape index (κ2) is 4.22. The van der Waals surface area contributed by atoms with E-state index in [1.807, 2.05) is 0 Å². The molecular formula is C9H6BrF3O2. The van der Waals surface area contributed by atoms with Gasteiger partial charge in [-0.1, -0.05) is 34.1 Å². The van der Waals surface area contributed by atoms with Crippen LogP contribution in [0, 0.1) is 0 Å². The normalized spacial score (nSPS) is 13.6. The first-order valence-electron chi connectivity index (χ1n) is 3.87. The van der Waals surface area contributed by atoms with Gasteiger partial charge in [-0.05, 0) is 11.6 Å². The Balaban J connectivity index is 3.24. The van der Waals surface area contributed by atoms with Crippen molar-refractivity contribution in [1.82, 2.24) is 0 Å². The molecule has 1 N–H and O–H groups in total. The van der Waals surface area contributed by atoms with Crippen molar-refractivity contribution in [2.24, 2.45) is 0 Å². The Bertz CT molecular complexity index is 376. The SMILES string of the molecule is O=C(O)[C@@H](Br)c1ccccc1C(F)(F)F. The first-order chi connectivity index (χ1) is 6.84. The highest BCUT2D eigenvalue weighted by molar-refractivity contribution is 9.09. The zero-order valence-electron chi connectivity index (χ0n) is 7.25. The van der Waals surface area contributed by atoms with Gasteiger partial charge < -0.3 is 5.11 Å². The van der Waals surface area contributed by atoms with Gasteiger partial charge in [0.1, 0.15) is 4.83 Å². The van der Waals surface area contributed by atoms with E-state index in [9.17, 15) is 18.0 Å². The van der Waals surface area contributed by atoms with Crippen molar-refractivity contribution < 1.29 is 23.1 Å². The number of halogens is 4. The second-order valence-electron chi connectivity index (χ2n) is 2.79. The summed E-state index contributed by atoms with van der Waals surface area (Å²) in [5.74, 6) is -1.35. The third kappa shape index (κ3) is 2.71. The van der Waals surface area contributed by atoms with Gasteiger partial charge in [0.15, 0.2) is 0 Å². The highest BCUT2D eigenvalue weighted by Gasteiger charge is 2.35. The summed E-state index contributed by atoms with van der Waals surface area (Å²) < 4.78 is 37.4. The van der Waals surface area contributed by atoms with Crippen molar-refractivity contribution in [2.75, 3.05) is 0 Å². The number of carboxylic acid groups (broad SMARTS) is 1. The molecule has 0 aromatic heterocycles. The molecule has 6 heteroatoms. The Morgan fingerprint density at radius 2 is 1.87 bits per heavy atom. The van der Waals surface area contributed by atoms with Gasteiger partial charge in [-0.3, -0.25) is 4.79 Å². The molecule has 1 aromatic rings. The van der Waals surface area contributed by atoms with Gasteiger partial charge in [-0.2, -0.15) is 13.2 Å². The van der Waals surface area contributed by atoms with Crippen LogP contribution in [0.1, 0.15) is 16.0 Å². The largest absolute Gasteiger partial charge is 0.480 e. The molecule has 0 aliphatic carbocycles. The summed E-state index contributed by atoms with van der Waals surface area (Å²) in [4.78, 5) is 9.21. The number of alkyl halides is 4. The van der Waals surface area contributed by atoms with Crippen molar-refractivity contribution in [1.29, 1.82) is 0 Å². The molecule has 0 unspecified atom stereocenters. The molecule has 0 heterocycles. The third-order valence-corrected chi connectivity index (χ3v) is 2.64. The van der Waals surface area contributed by atoms with Gasteiger partial charge >= 0.3 is 12.1 Å². The molecule has 0 amide bonds. The summed E-state index contributed by atoms with van der Waals surface area (Å²) in [5.41, 5.74) is -1.23. The smallest absolute Gasteiger partial charge is 0.416 e. The highest BCUT2D eigenvalue weighted by Crippen LogP contribution is 2.37. The van der Waals surface area contributed by atoms with E-state index in [1.54, 1.807) is 0 Å². The summed E-state index contributed by atoms with van der Waals surface area (Å²) in [6.45, 7) is 0. The molecule has 2 nitrogen and oxygen atoms in total. The summed E-state index contributed by atoms with van der Waals surface area (Å²) in [6, 6.07) is 4.57. The average molecular weight is 283 g/mol. The van der Waals surface area contributed by atoms with Crippen LogP contribution < -0.4 is 0 Å². The highest BCUT2D eigenvalue weighted by atomic mass is 79.9. The minimum atomic E-state index is -4.54. The molecule has 0 bridgehead atoms.